The minimum absolute atomic E-state index is 0.153. The van der Waals surface area contributed by atoms with E-state index in [0.29, 0.717) is 11.3 Å². The lowest BCUT2D eigenvalue weighted by atomic mass is 9.44. The average molecular weight is 320 g/mol. The molecule has 2 heteroatoms. The van der Waals surface area contributed by atoms with Crippen LogP contribution in [-0.2, 0) is 0 Å². The van der Waals surface area contributed by atoms with Crippen molar-refractivity contribution < 1.29 is 5.11 Å². The average Bonchev–Trinajstić information content (AvgIpc) is 2.75. The molecule has 0 aliphatic heterocycles. The van der Waals surface area contributed by atoms with Gasteiger partial charge in [0.25, 0.3) is 0 Å². The Bertz CT molecular complexity index is 478. The summed E-state index contributed by atoms with van der Waals surface area (Å²) in [7, 11) is 0. The van der Waals surface area contributed by atoms with Crippen LogP contribution in [0.4, 0.5) is 0 Å². The van der Waals surface area contributed by atoms with E-state index in [1.165, 1.54) is 51.4 Å². The molecule has 0 radical (unpaired) electrons. The Balaban J connectivity index is 1.67. The number of hydrogen-bond acceptors (Lipinski definition) is 2. The quantitative estimate of drug-likeness (QED) is 0.747. The summed E-state index contributed by atoms with van der Waals surface area (Å²) in [5.41, 5.74) is 7.21. The Morgan fingerprint density at radius 1 is 1.00 bits per heavy atom. The Morgan fingerprint density at radius 3 is 2.52 bits per heavy atom. The smallest absolute Gasteiger partial charge is 0.0727 e. The first kappa shape index (κ1) is 16.4. The molecule has 0 heterocycles. The molecular formula is C21H37NO. The topological polar surface area (TPSA) is 46.2 Å². The first-order valence-corrected chi connectivity index (χ1v) is 10.3. The van der Waals surface area contributed by atoms with Crippen LogP contribution >= 0.6 is 0 Å². The van der Waals surface area contributed by atoms with Crippen molar-refractivity contribution in [1.82, 2.24) is 0 Å². The van der Waals surface area contributed by atoms with Crippen molar-refractivity contribution in [2.75, 3.05) is 0 Å². The van der Waals surface area contributed by atoms with Gasteiger partial charge in [0.05, 0.1) is 6.10 Å². The molecule has 23 heavy (non-hydrogen) atoms. The molecule has 0 aromatic rings. The van der Waals surface area contributed by atoms with Crippen molar-refractivity contribution in [3.63, 3.8) is 0 Å². The fraction of sp³-hybridized carbons (Fsp3) is 1.00. The third kappa shape index (κ3) is 1.94. The zero-order valence-corrected chi connectivity index (χ0v) is 15.5. The van der Waals surface area contributed by atoms with Crippen molar-refractivity contribution in [2.24, 2.45) is 40.2 Å². The normalized spacial score (nSPS) is 59.1. The molecule has 0 amide bonds. The van der Waals surface area contributed by atoms with E-state index in [9.17, 15) is 5.11 Å². The SMILES string of the molecule is CC[C@@]1(N)C(O)C[C@H]2[C@@H]3CCC4CCCC[C@]4(C)[C@H]3CC[C@@]21C. The second kappa shape index (κ2) is 5.21. The summed E-state index contributed by atoms with van der Waals surface area (Å²) < 4.78 is 0. The van der Waals surface area contributed by atoms with E-state index >= 15 is 0 Å². The molecule has 0 spiro atoms. The van der Waals surface area contributed by atoms with E-state index < -0.39 is 0 Å². The first-order chi connectivity index (χ1) is 10.9. The maximum Gasteiger partial charge on any atom is 0.0727 e. The molecule has 132 valence electrons. The van der Waals surface area contributed by atoms with Gasteiger partial charge in [0, 0.05) is 5.54 Å². The molecule has 4 aliphatic carbocycles. The number of rotatable bonds is 1. The van der Waals surface area contributed by atoms with E-state index in [1.807, 2.05) is 0 Å². The molecular weight excluding hydrogens is 282 g/mol. The van der Waals surface area contributed by atoms with Gasteiger partial charge < -0.3 is 10.8 Å². The van der Waals surface area contributed by atoms with Gasteiger partial charge in [-0.1, -0.05) is 33.6 Å². The first-order valence-electron chi connectivity index (χ1n) is 10.3. The van der Waals surface area contributed by atoms with Gasteiger partial charge in [0.2, 0.25) is 0 Å². The maximum absolute atomic E-state index is 10.8. The van der Waals surface area contributed by atoms with Crippen LogP contribution < -0.4 is 5.73 Å². The molecule has 3 N–H and O–H groups in total. The Kier molecular flexibility index (Phi) is 3.71. The molecule has 0 bridgehead atoms. The van der Waals surface area contributed by atoms with Crippen molar-refractivity contribution >= 4 is 0 Å². The minimum Gasteiger partial charge on any atom is -0.391 e. The molecule has 4 rings (SSSR count). The Labute approximate surface area is 142 Å². The zero-order valence-electron chi connectivity index (χ0n) is 15.5. The van der Waals surface area contributed by atoms with Crippen LogP contribution in [0.15, 0.2) is 0 Å². The van der Waals surface area contributed by atoms with Gasteiger partial charge in [-0.25, -0.2) is 0 Å². The summed E-state index contributed by atoms with van der Waals surface area (Å²) in [4.78, 5) is 0. The van der Waals surface area contributed by atoms with E-state index in [4.69, 9.17) is 5.73 Å². The van der Waals surface area contributed by atoms with Crippen LogP contribution in [0.25, 0.3) is 0 Å². The molecule has 0 aromatic carbocycles. The summed E-state index contributed by atoms with van der Waals surface area (Å²) in [5.74, 6) is 3.34. The number of aliphatic hydroxyl groups excluding tert-OH is 1. The summed E-state index contributed by atoms with van der Waals surface area (Å²) in [6, 6.07) is 0. The number of hydrogen-bond donors (Lipinski definition) is 2. The molecule has 2 unspecified atom stereocenters. The molecule has 4 saturated carbocycles. The number of aliphatic hydroxyl groups is 1. The van der Waals surface area contributed by atoms with Gasteiger partial charge in [0.1, 0.15) is 0 Å². The lowest BCUT2D eigenvalue weighted by molar-refractivity contribution is -0.115. The van der Waals surface area contributed by atoms with Crippen molar-refractivity contribution in [3.05, 3.63) is 0 Å². The highest BCUT2D eigenvalue weighted by Gasteiger charge is 2.65. The van der Waals surface area contributed by atoms with E-state index in [1.54, 1.807) is 0 Å². The fourth-order valence-electron chi connectivity index (χ4n) is 8.10. The molecule has 2 nitrogen and oxygen atoms in total. The van der Waals surface area contributed by atoms with Crippen LogP contribution in [0.2, 0.25) is 0 Å². The zero-order chi connectivity index (χ0) is 16.5. The second-order valence-electron chi connectivity index (χ2n) is 10.0. The second-order valence-corrected chi connectivity index (χ2v) is 10.0. The van der Waals surface area contributed by atoms with E-state index in [0.717, 1.165) is 30.6 Å². The summed E-state index contributed by atoms with van der Waals surface area (Å²) >= 11 is 0. The highest BCUT2D eigenvalue weighted by atomic mass is 16.3. The van der Waals surface area contributed by atoms with E-state index in [-0.39, 0.29) is 17.1 Å². The lowest BCUT2D eigenvalue weighted by Gasteiger charge is -2.61. The Morgan fingerprint density at radius 2 is 1.78 bits per heavy atom. The minimum atomic E-state index is -0.354. The van der Waals surface area contributed by atoms with Crippen LogP contribution in [0.5, 0.6) is 0 Å². The van der Waals surface area contributed by atoms with Crippen molar-refractivity contribution in [3.8, 4) is 0 Å². The third-order valence-electron chi connectivity index (χ3n) is 9.69. The summed E-state index contributed by atoms with van der Waals surface area (Å²) in [6.45, 7) is 7.22. The van der Waals surface area contributed by atoms with Crippen molar-refractivity contribution in [1.29, 1.82) is 0 Å². The molecule has 0 aromatic heterocycles. The van der Waals surface area contributed by atoms with Crippen LogP contribution in [0, 0.1) is 34.5 Å². The lowest BCUT2D eigenvalue weighted by Crippen LogP contribution is -2.61. The molecule has 8 atom stereocenters. The Hall–Kier alpha value is -0.0800. The summed E-state index contributed by atoms with van der Waals surface area (Å²) in [5, 5.41) is 10.8. The van der Waals surface area contributed by atoms with Gasteiger partial charge in [-0.05, 0) is 85.9 Å². The van der Waals surface area contributed by atoms with Gasteiger partial charge in [-0.15, -0.1) is 0 Å². The van der Waals surface area contributed by atoms with Gasteiger partial charge >= 0.3 is 0 Å². The molecule has 0 saturated heterocycles. The maximum atomic E-state index is 10.8. The highest BCUT2D eigenvalue weighted by Crippen LogP contribution is 2.68. The summed E-state index contributed by atoms with van der Waals surface area (Å²) in [6.07, 6.45) is 12.8. The predicted molar refractivity (Wildman–Crippen MR) is 94.9 cm³/mol. The third-order valence-corrected chi connectivity index (χ3v) is 9.69. The van der Waals surface area contributed by atoms with Gasteiger partial charge in [-0.3, -0.25) is 0 Å². The van der Waals surface area contributed by atoms with Gasteiger partial charge in [0.15, 0.2) is 0 Å². The fourth-order valence-corrected chi connectivity index (χ4v) is 8.10. The van der Waals surface area contributed by atoms with Crippen LogP contribution in [0.3, 0.4) is 0 Å². The predicted octanol–water partition coefficient (Wildman–Crippen LogP) is 4.50. The standard InChI is InChI=1S/C21H37NO/c1-4-21(22)18(23)13-17-15-9-8-14-7-5-6-11-19(14,2)16(15)10-12-20(17,21)3/h14-18,23H,4-13,22H2,1-3H3/t14?,15-,16+,17+,18?,19+,20+,21-/m1/s1. The van der Waals surface area contributed by atoms with Crippen LogP contribution in [0.1, 0.15) is 85.0 Å². The monoisotopic (exact) mass is 319 g/mol. The van der Waals surface area contributed by atoms with Gasteiger partial charge in [-0.2, -0.15) is 0 Å². The molecule has 4 fully saturated rings. The van der Waals surface area contributed by atoms with E-state index in [2.05, 4.69) is 20.8 Å². The molecule has 4 aliphatic rings. The number of fused-ring (bicyclic) bond motifs is 5. The largest absolute Gasteiger partial charge is 0.391 e. The number of nitrogens with two attached hydrogens (primary N) is 1. The highest BCUT2D eigenvalue weighted by molar-refractivity contribution is 5.18. The van der Waals surface area contributed by atoms with Crippen LogP contribution in [-0.4, -0.2) is 16.7 Å². The van der Waals surface area contributed by atoms with Crippen molar-refractivity contribution in [2.45, 2.75) is 96.6 Å².